The second-order valence-corrected chi connectivity index (χ2v) is 7.44. The van der Waals surface area contributed by atoms with Crippen LogP contribution in [0.3, 0.4) is 0 Å². The smallest absolute Gasteiger partial charge is 0.329 e. The molecule has 8 nitrogen and oxygen atoms in total. The number of aromatic amines is 1. The molecule has 0 aliphatic carbocycles. The number of H-pyrrole nitrogens is 1. The quantitative estimate of drug-likeness (QED) is 0.585. The highest BCUT2D eigenvalue weighted by atomic mass is 16.5. The molecule has 0 fully saturated rings. The van der Waals surface area contributed by atoms with Crippen molar-refractivity contribution >= 4 is 28.7 Å². The van der Waals surface area contributed by atoms with Crippen LogP contribution in [-0.2, 0) is 25.5 Å². The van der Waals surface area contributed by atoms with Gasteiger partial charge in [-0.3, -0.25) is 9.59 Å². The number of esters is 1. The maximum absolute atomic E-state index is 12.5. The number of ether oxygens (including phenoxy) is 1. The Hall–Kier alpha value is -3.34. The third kappa shape index (κ3) is 5.57. The van der Waals surface area contributed by atoms with Crippen molar-refractivity contribution in [3.63, 3.8) is 0 Å². The van der Waals surface area contributed by atoms with Crippen molar-refractivity contribution < 1.29 is 19.1 Å². The van der Waals surface area contributed by atoms with Crippen LogP contribution in [0.2, 0.25) is 0 Å². The number of aromatic nitrogens is 1. The molecule has 0 aliphatic rings. The topological polar surface area (TPSA) is 124 Å². The van der Waals surface area contributed by atoms with Crippen LogP contribution >= 0.6 is 0 Å². The standard InChI is InChI=1S/C21H26N4O4/c1-13(2)21(4,12-22)25-19(27)11-29-20(28)18(24-14(3)26)9-15-10-23-17-8-6-5-7-16(15)17/h5-8,10,13,18,23H,9,11H2,1-4H3,(H,24,26)(H,25,27)/t18-,21+/m0/s1. The third-order valence-corrected chi connectivity index (χ3v) is 4.89. The zero-order chi connectivity index (χ0) is 21.6. The van der Waals surface area contributed by atoms with Crippen LogP contribution < -0.4 is 10.6 Å². The number of nitriles is 1. The lowest BCUT2D eigenvalue weighted by molar-refractivity contribution is -0.151. The Kier molecular flexibility index (Phi) is 6.99. The Morgan fingerprint density at radius 2 is 1.97 bits per heavy atom. The fourth-order valence-electron chi connectivity index (χ4n) is 2.82. The SMILES string of the molecule is CC(=O)N[C@@H](Cc1c[nH]c2ccccc12)C(=O)OCC(=O)N[C@](C)(C#N)C(C)C. The zero-order valence-electron chi connectivity index (χ0n) is 17.0. The predicted octanol–water partition coefficient (Wildman–Crippen LogP) is 1.81. The number of para-hydroxylation sites is 1. The fourth-order valence-corrected chi connectivity index (χ4v) is 2.82. The molecule has 29 heavy (non-hydrogen) atoms. The molecular formula is C21H26N4O4. The molecule has 2 amide bonds. The van der Waals surface area contributed by atoms with E-state index in [1.807, 2.05) is 38.1 Å². The van der Waals surface area contributed by atoms with Gasteiger partial charge in [-0.15, -0.1) is 0 Å². The number of hydrogen-bond donors (Lipinski definition) is 3. The van der Waals surface area contributed by atoms with E-state index in [2.05, 4.69) is 21.7 Å². The lowest BCUT2D eigenvalue weighted by Gasteiger charge is -2.27. The van der Waals surface area contributed by atoms with Crippen LogP contribution in [0.1, 0.15) is 33.3 Å². The molecule has 1 aromatic heterocycles. The first-order valence-electron chi connectivity index (χ1n) is 9.37. The zero-order valence-corrected chi connectivity index (χ0v) is 17.0. The summed E-state index contributed by atoms with van der Waals surface area (Å²) in [5.41, 5.74) is 0.698. The third-order valence-electron chi connectivity index (χ3n) is 4.89. The van der Waals surface area contributed by atoms with Crippen molar-refractivity contribution in [2.24, 2.45) is 5.92 Å². The molecule has 2 atom stereocenters. The number of amides is 2. The molecule has 8 heteroatoms. The van der Waals surface area contributed by atoms with Crippen LogP contribution in [0, 0.1) is 17.2 Å². The summed E-state index contributed by atoms with van der Waals surface area (Å²) in [6.45, 7) is 6.00. The summed E-state index contributed by atoms with van der Waals surface area (Å²) in [4.78, 5) is 39.3. The highest BCUT2D eigenvalue weighted by Crippen LogP contribution is 2.19. The van der Waals surface area contributed by atoms with Crippen molar-refractivity contribution in [2.45, 2.75) is 45.7 Å². The van der Waals surface area contributed by atoms with Crippen molar-refractivity contribution in [2.75, 3.05) is 6.61 Å². The van der Waals surface area contributed by atoms with E-state index >= 15 is 0 Å². The summed E-state index contributed by atoms with van der Waals surface area (Å²) in [6.07, 6.45) is 1.99. The molecule has 0 bridgehead atoms. The van der Waals surface area contributed by atoms with Gasteiger partial charge in [0.15, 0.2) is 6.61 Å². The molecule has 154 valence electrons. The number of hydrogen-bond acceptors (Lipinski definition) is 5. The maximum atomic E-state index is 12.5. The van der Waals surface area contributed by atoms with Crippen LogP contribution in [-0.4, -0.2) is 41.0 Å². The van der Waals surface area contributed by atoms with Crippen molar-refractivity contribution in [3.8, 4) is 6.07 Å². The molecule has 1 heterocycles. The van der Waals surface area contributed by atoms with Crippen molar-refractivity contribution in [1.29, 1.82) is 5.26 Å². The Bertz CT molecular complexity index is 944. The number of carbonyl (C=O) groups is 3. The van der Waals surface area contributed by atoms with Crippen LogP contribution in [0.5, 0.6) is 0 Å². The van der Waals surface area contributed by atoms with Gasteiger partial charge >= 0.3 is 5.97 Å². The Morgan fingerprint density at radius 1 is 1.28 bits per heavy atom. The molecule has 0 aliphatic heterocycles. The van der Waals surface area contributed by atoms with Gasteiger partial charge in [-0.2, -0.15) is 5.26 Å². The predicted molar refractivity (Wildman–Crippen MR) is 108 cm³/mol. The summed E-state index contributed by atoms with van der Waals surface area (Å²) in [5.74, 6) is -1.80. The van der Waals surface area contributed by atoms with Gasteiger partial charge < -0.3 is 20.4 Å². The normalized spacial score (nSPS) is 13.9. The van der Waals surface area contributed by atoms with Gasteiger partial charge in [0.2, 0.25) is 5.91 Å². The van der Waals surface area contributed by atoms with E-state index in [-0.39, 0.29) is 18.2 Å². The monoisotopic (exact) mass is 398 g/mol. The summed E-state index contributed by atoms with van der Waals surface area (Å²) in [6, 6.07) is 8.73. The number of nitrogens with zero attached hydrogens (tertiary/aromatic N) is 1. The molecule has 0 radical (unpaired) electrons. The van der Waals surface area contributed by atoms with Crippen LogP contribution in [0.25, 0.3) is 10.9 Å². The lowest BCUT2D eigenvalue weighted by Crippen LogP contribution is -2.50. The molecule has 2 aromatic rings. The fraction of sp³-hybridized carbons (Fsp3) is 0.429. The van der Waals surface area contributed by atoms with Gasteiger partial charge in [-0.25, -0.2) is 4.79 Å². The molecule has 0 spiro atoms. The maximum Gasteiger partial charge on any atom is 0.329 e. The van der Waals surface area contributed by atoms with E-state index in [0.29, 0.717) is 0 Å². The van der Waals surface area contributed by atoms with Gasteiger partial charge in [0.25, 0.3) is 5.91 Å². The summed E-state index contributed by atoms with van der Waals surface area (Å²) < 4.78 is 5.11. The minimum absolute atomic E-state index is 0.124. The second-order valence-electron chi connectivity index (χ2n) is 7.44. The Balaban J connectivity index is 2.05. The first kappa shape index (κ1) is 22.0. The minimum Gasteiger partial charge on any atom is -0.454 e. The number of benzene rings is 1. The van der Waals surface area contributed by atoms with E-state index in [4.69, 9.17) is 4.74 Å². The van der Waals surface area contributed by atoms with Gasteiger partial charge in [0.05, 0.1) is 6.07 Å². The number of rotatable bonds is 8. The van der Waals surface area contributed by atoms with Crippen LogP contribution in [0.15, 0.2) is 30.5 Å². The van der Waals surface area contributed by atoms with E-state index in [0.717, 1.165) is 16.5 Å². The van der Waals surface area contributed by atoms with Gasteiger partial charge in [0, 0.05) is 30.4 Å². The van der Waals surface area contributed by atoms with E-state index in [9.17, 15) is 19.6 Å². The van der Waals surface area contributed by atoms with Gasteiger partial charge in [-0.05, 0) is 24.5 Å². The van der Waals surface area contributed by atoms with E-state index < -0.39 is 30.1 Å². The molecular weight excluding hydrogens is 372 g/mol. The van der Waals surface area contributed by atoms with Crippen LogP contribution in [0.4, 0.5) is 0 Å². The van der Waals surface area contributed by atoms with E-state index in [1.165, 1.54) is 6.92 Å². The highest BCUT2D eigenvalue weighted by Gasteiger charge is 2.31. The largest absolute Gasteiger partial charge is 0.454 e. The van der Waals surface area contributed by atoms with E-state index in [1.54, 1.807) is 13.1 Å². The van der Waals surface area contributed by atoms with Crippen molar-refractivity contribution in [1.82, 2.24) is 15.6 Å². The summed E-state index contributed by atoms with van der Waals surface area (Å²) >= 11 is 0. The molecule has 1 aromatic carbocycles. The summed E-state index contributed by atoms with van der Waals surface area (Å²) in [7, 11) is 0. The lowest BCUT2D eigenvalue weighted by atomic mass is 9.90. The number of nitrogens with one attached hydrogen (secondary N) is 3. The van der Waals surface area contributed by atoms with Gasteiger partial charge in [0.1, 0.15) is 11.6 Å². The first-order chi connectivity index (χ1) is 13.7. The van der Waals surface area contributed by atoms with Gasteiger partial charge in [-0.1, -0.05) is 32.0 Å². The highest BCUT2D eigenvalue weighted by molar-refractivity contribution is 5.88. The number of carbonyl (C=O) groups excluding carboxylic acids is 3. The molecule has 2 rings (SSSR count). The molecule has 0 saturated carbocycles. The summed E-state index contributed by atoms with van der Waals surface area (Å²) in [5, 5.41) is 15.4. The average molecular weight is 398 g/mol. The van der Waals surface area contributed by atoms with Crippen molar-refractivity contribution in [3.05, 3.63) is 36.0 Å². The molecule has 0 saturated heterocycles. The minimum atomic E-state index is -1.06. The first-order valence-corrected chi connectivity index (χ1v) is 9.37. The molecule has 0 unspecified atom stereocenters. The Labute approximate surface area is 169 Å². The number of fused-ring (bicyclic) bond motifs is 1. The second kappa shape index (κ2) is 9.24. The average Bonchev–Trinajstić information content (AvgIpc) is 3.08. The Morgan fingerprint density at radius 3 is 2.59 bits per heavy atom. The molecule has 3 N–H and O–H groups in total.